The first-order chi connectivity index (χ1) is 10.3. The summed E-state index contributed by atoms with van der Waals surface area (Å²) in [7, 11) is 0. The van der Waals surface area contributed by atoms with Gasteiger partial charge in [0.1, 0.15) is 0 Å². The third-order valence-corrected chi connectivity index (χ3v) is 5.05. The molecule has 1 aliphatic carbocycles. The zero-order chi connectivity index (χ0) is 14.5. The Bertz CT molecular complexity index is 451. The first kappa shape index (κ1) is 17.3. The van der Waals surface area contributed by atoms with Crippen LogP contribution in [-0.2, 0) is 4.79 Å². The fraction of sp³-hybridized carbons (Fsp3) is 0.611. The number of hydrogen-bond acceptors (Lipinski definition) is 2. The number of piperazine rings is 1. The lowest BCUT2D eigenvalue weighted by atomic mass is 9.77. The maximum absolute atomic E-state index is 12.3. The molecule has 1 amide bonds. The van der Waals surface area contributed by atoms with Crippen molar-refractivity contribution in [3.8, 4) is 0 Å². The Morgan fingerprint density at radius 1 is 1.05 bits per heavy atom. The number of benzene rings is 1. The summed E-state index contributed by atoms with van der Waals surface area (Å²) in [4.78, 5) is 14.4. The van der Waals surface area contributed by atoms with E-state index in [0.29, 0.717) is 17.7 Å². The van der Waals surface area contributed by atoms with Crippen LogP contribution in [-0.4, -0.2) is 37.0 Å². The molecular formula is C18H27ClN2O. The molecule has 1 heterocycles. The van der Waals surface area contributed by atoms with Crippen LogP contribution in [0.2, 0.25) is 0 Å². The SMILES string of the molecule is Cl.O=C(CC1CCC(c2ccccc2)CC1)N1CCNCC1. The molecule has 1 saturated heterocycles. The molecule has 3 rings (SSSR count). The fourth-order valence-electron chi connectivity index (χ4n) is 3.72. The number of nitrogens with one attached hydrogen (secondary N) is 1. The van der Waals surface area contributed by atoms with E-state index in [1.54, 1.807) is 0 Å². The Balaban J connectivity index is 0.00000176. The van der Waals surface area contributed by atoms with Crippen molar-refractivity contribution >= 4 is 18.3 Å². The molecule has 2 aliphatic rings. The maximum atomic E-state index is 12.3. The second-order valence-corrected chi connectivity index (χ2v) is 6.46. The molecule has 0 spiro atoms. The molecule has 0 unspecified atom stereocenters. The van der Waals surface area contributed by atoms with Gasteiger partial charge in [-0.3, -0.25) is 4.79 Å². The van der Waals surface area contributed by atoms with Crippen molar-refractivity contribution in [2.75, 3.05) is 26.2 Å². The van der Waals surface area contributed by atoms with E-state index in [4.69, 9.17) is 0 Å². The van der Waals surface area contributed by atoms with Gasteiger partial charge in [-0.15, -0.1) is 12.4 Å². The smallest absolute Gasteiger partial charge is 0.222 e. The number of halogens is 1. The minimum absolute atomic E-state index is 0. The van der Waals surface area contributed by atoms with Crippen LogP contribution < -0.4 is 5.32 Å². The maximum Gasteiger partial charge on any atom is 0.222 e. The molecule has 4 heteroatoms. The molecule has 122 valence electrons. The van der Waals surface area contributed by atoms with Crippen LogP contribution in [0.4, 0.5) is 0 Å². The summed E-state index contributed by atoms with van der Waals surface area (Å²) in [6.45, 7) is 3.68. The molecule has 1 aliphatic heterocycles. The van der Waals surface area contributed by atoms with E-state index in [1.807, 2.05) is 4.90 Å². The van der Waals surface area contributed by atoms with Crippen LogP contribution in [0.1, 0.15) is 43.6 Å². The van der Waals surface area contributed by atoms with E-state index in [9.17, 15) is 4.79 Å². The van der Waals surface area contributed by atoms with Crippen LogP contribution >= 0.6 is 12.4 Å². The number of amides is 1. The predicted molar refractivity (Wildman–Crippen MR) is 92.5 cm³/mol. The summed E-state index contributed by atoms with van der Waals surface area (Å²) >= 11 is 0. The van der Waals surface area contributed by atoms with Crippen molar-refractivity contribution in [1.82, 2.24) is 10.2 Å². The highest BCUT2D eigenvalue weighted by Crippen LogP contribution is 2.37. The highest BCUT2D eigenvalue weighted by Gasteiger charge is 2.26. The molecule has 0 aromatic heterocycles. The molecule has 1 aromatic rings. The third kappa shape index (κ3) is 4.47. The van der Waals surface area contributed by atoms with Gasteiger partial charge in [-0.05, 0) is 43.1 Å². The van der Waals surface area contributed by atoms with Gasteiger partial charge in [0.05, 0.1) is 0 Å². The largest absolute Gasteiger partial charge is 0.340 e. The van der Waals surface area contributed by atoms with Gasteiger partial charge in [-0.25, -0.2) is 0 Å². The number of rotatable bonds is 3. The topological polar surface area (TPSA) is 32.3 Å². The second-order valence-electron chi connectivity index (χ2n) is 6.46. The molecule has 3 nitrogen and oxygen atoms in total. The summed E-state index contributed by atoms with van der Waals surface area (Å²) in [5, 5.41) is 3.30. The minimum atomic E-state index is 0. The Kier molecular flexibility index (Phi) is 6.71. The summed E-state index contributed by atoms with van der Waals surface area (Å²) in [5.74, 6) is 1.68. The summed E-state index contributed by atoms with van der Waals surface area (Å²) in [5.41, 5.74) is 1.48. The fourth-order valence-corrected chi connectivity index (χ4v) is 3.72. The first-order valence-electron chi connectivity index (χ1n) is 8.36. The standard InChI is InChI=1S/C18H26N2O.ClH/c21-18(20-12-10-19-11-13-20)14-15-6-8-17(9-7-15)16-4-2-1-3-5-16;/h1-5,15,17,19H,6-14H2;1H. The van der Waals surface area contributed by atoms with Crippen LogP contribution in [0.25, 0.3) is 0 Å². The summed E-state index contributed by atoms with van der Waals surface area (Å²) in [6, 6.07) is 10.8. The van der Waals surface area contributed by atoms with E-state index in [1.165, 1.54) is 31.2 Å². The van der Waals surface area contributed by atoms with Crippen molar-refractivity contribution in [2.45, 2.75) is 38.0 Å². The molecule has 0 bridgehead atoms. The van der Waals surface area contributed by atoms with E-state index in [-0.39, 0.29) is 12.4 Å². The minimum Gasteiger partial charge on any atom is -0.340 e. The predicted octanol–water partition coefficient (Wildman–Crippen LogP) is 3.20. The average Bonchev–Trinajstić information content (AvgIpc) is 2.57. The lowest BCUT2D eigenvalue weighted by Crippen LogP contribution is -2.46. The number of carbonyl (C=O) groups is 1. The molecule has 1 aromatic carbocycles. The van der Waals surface area contributed by atoms with Gasteiger partial charge in [0.25, 0.3) is 0 Å². The van der Waals surface area contributed by atoms with Gasteiger partial charge >= 0.3 is 0 Å². The zero-order valence-electron chi connectivity index (χ0n) is 13.2. The monoisotopic (exact) mass is 322 g/mol. The van der Waals surface area contributed by atoms with Crippen molar-refractivity contribution in [2.24, 2.45) is 5.92 Å². The van der Waals surface area contributed by atoms with Gasteiger partial charge in [-0.2, -0.15) is 0 Å². The van der Waals surface area contributed by atoms with Gasteiger partial charge in [-0.1, -0.05) is 30.3 Å². The number of nitrogens with zero attached hydrogens (tertiary/aromatic N) is 1. The molecular weight excluding hydrogens is 296 g/mol. The van der Waals surface area contributed by atoms with Crippen LogP contribution in [0, 0.1) is 5.92 Å². The summed E-state index contributed by atoms with van der Waals surface area (Å²) < 4.78 is 0. The Morgan fingerprint density at radius 3 is 2.32 bits per heavy atom. The van der Waals surface area contributed by atoms with Gasteiger partial charge < -0.3 is 10.2 Å². The molecule has 2 fully saturated rings. The molecule has 1 saturated carbocycles. The lowest BCUT2D eigenvalue weighted by Gasteiger charge is -2.32. The Hall–Kier alpha value is -1.06. The average molecular weight is 323 g/mol. The van der Waals surface area contributed by atoms with Gasteiger partial charge in [0, 0.05) is 32.6 Å². The highest BCUT2D eigenvalue weighted by atomic mass is 35.5. The Labute approximate surface area is 139 Å². The number of hydrogen-bond donors (Lipinski definition) is 1. The van der Waals surface area contributed by atoms with E-state index < -0.39 is 0 Å². The van der Waals surface area contributed by atoms with E-state index >= 15 is 0 Å². The number of carbonyl (C=O) groups excluding carboxylic acids is 1. The quantitative estimate of drug-likeness (QED) is 0.927. The van der Waals surface area contributed by atoms with Gasteiger partial charge in [0.2, 0.25) is 5.91 Å². The molecule has 0 atom stereocenters. The van der Waals surface area contributed by atoms with Crippen molar-refractivity contribution in [3.05, 3.63) is 35.9 Å². The van der Waals surface area contributed by atoms with Crippen LogP contribution in [0.5, 0.6) is 0 Å². The summed E-state index contributed by atoms with van der Waals surface area (Å²) in [6.07, 6.45) is 5.66. The van der Waals surface area contributed by atoms with Crippen LogP contribution in [0.15, 0.2) is 30.3 Å². The normalized spacial score (nSPS) is 25.4. The second kappa shape index (κ2) is 8.54. The third-order valence-electron chi connectivity index (χ3n) is 5.05. The van der Waals surface area contributed by atoms with Crippen molar-refractivity contribution in [1.29, 1.82) is 0 Å². The molecule has 0 radical (unpaired) electrons. The zero-order valence-corrected chi connectivity index (χ0v) is 14.0. The first-order valence-corrected chi connectivity index (χ1v) is 8.36. The molecule has 1 N–H and O–H groups in total. The lowest BCUT2D eigenvalue weighted by molar-refractivity contribution is -0.133. The highest BCUT2D eigenvalue weighted by molar-refractivity contribution is 5.85. The van der Waals surface area contributed by atoms with Crippen molar-refractivity contribution < 1.29 is 4.79 Å². The molecule has 22 heavy (non-hydrogen) atoms. The van der Waals surface area contributed by atoms with E-state index in [0.717, 1.165) is 32.6 Å². The van der Waals surface area contributed by atoms with E-state index in [2.05, 4.69) is 35.6 Å². The van der Waals surface area contributed by atoms with Crippen LogP contribution in [0.3, 0.4) is 0 Å². The van der Waals surface area contributed by atoms with Crippen molar-refractivity contribution in [3.63, 3.8) is 0 Å². The van der Waals surface area contributed by atoms with Gasteiger partial charge in [0.15, 0.2) is 0 Å². The Morgan fingerprint density at radius 2 is 1.68 bits per heavy atom.